The van der Waals surface area contributed by atoms with E-state index in [4.69, 9.17) is 0 Å². The molecule has 2 aromatic carbocycles. The third-order valence-electron chi connectivity index (χ3n) is 6.42. The van der Waals surface area contributed by atoms with E-state index >= 15 is 0 Å². The maximum Gasteiger partial charge on any atom is 0.418 e. The Morgan fingerprint density at radius 1 is 0.935 bits per heavy atom. The summed E-state index contributed by atoms with van der Waals surface area (Å²) in [6.45, 7) is 3.72. The third-order valence-corrected chi connectivity index (χ3v) is 6.42. The molecule has 0 aromatic heterocycles. The van der Waals surface area contributed by atoms with Crippen LogP contribution < -0.4 is 14.7 Å². The van der Waals surface area contributed by atoms with Crippen LogP contribution in [0, 0.1) is 0 Å². The first-order valence-corrected chi connectivity index (χ1v) is 10.7. The van der Waals surface area contributed by atoms with Crippen molar-refractivity contribution in [3.63, 3.8) is 0 Å². The number of para-hydroxylation sites is 1. The van der Waals surface area contributed by atoms with Crippen molar-refractivity contribution in [2.24, 2.45) is 0 Å². The van der Waals surface area contributed by atoms with Gasteiger partial charge < -0.3 is 14.7 Å². The molecule has 8 heteroatoms. The molecule has 0 bridgehead atoms. The topological polar surface area (TPSA) is 30.0 Å². The molecule has 0 unspecified atom stereocenters. The van der Waals surface area contributed by atoms with E-state index in [0.29, 0.717) is 5.56 Å². The number of hydrogen-bond acceptors (Lipinski definition) is 4. The fraction of sp³-hybridized carbons (Fsp3) is 0.435. The second-order valence-corrected chi connectivity index (χ2v) is 8.58. The first-order valence-electron chi connectivity index (χ1n) is 10.7. The summed E-state index contributed by atoms with van der Waals surface area (Å²) in [5.41, 5.74) is 1.39. The minimum absolute atomic E-state index is 0.0821. The number of anilines is 3. The highest BCUT2D eigenvalue weighted by molar-refractivity contribution is 6.12. The normalized spacial score (nSPS) is 20.3. The van der Waals surface area contributed by atoms with Gasteiger partial charge in [-0.1, -0.05) is 12.1 Å². The lowest BCUT2D eigenvalue weighted by molar-refractivity contribution is -0.137. The standard InChI is InChI=1S/C23H25F3N4O/c1-27-10-12-28(13-11-27)17-8-9-20-18(14-17)22(31)30(15-29(20)16-6-7-16)21-5-3-2-4-19(21)23(24,25)26/h2-5,8-9,14,16H,6-7,10-13,15H2,1H3. The van der Waals surface area contributed by atoms with Crippen LogP contribution in [0.1, 0.15) is 28.8 Å². The van der Waals surface area contributed by atoms with Crippen LogP contribution in [-0.2, 0) is 6.18 Å². The molecule has 5 nitrogen and oxygen atoms in total. The highest BCUT2D eigenvalue weighted by Gasteiger charge is 2.41. The summed E-state index contributed by atoms with van der Waals surface area (Å²) in [7, 11) is 2.08. The number of carbonyl (C=O) groups is 1. The van der Waals surface area contributed by atoms with E-state index in [0.717, 1.165) is 56.5 Å². The van der Waals surface area contributed by atoms with Crippen molar-refractivity contribution in [1.29, 1.82) is 0 Å². The zero-order valence-corrected chi connectivity index (χ0v) is 17.4. The van der Waals surface area contributed by atoms with Crippen LogP contribution in [-0.4, -0.2) is 56.7 Å². The van der Waals surface area contributed by atoms with Gasteiger partial charge in [0.25, 0.3) is 5.91 Å². The quantitative estimate of drug-likeness (QED) is 0.735. The highest BCUT2D eigenvalue weighted by atomic mass is 19.4. The Hall–Kier alpha value is -2.74. The van der Waals surface area contributed by atoms with Gasteiger partial charge in [-0.3, -0.25) is 9.69 Å². The second kappa shape index (κ2) is 7.44. The van der Waals surface area contributed by atoms with E-state index in [9.17, 15) is 18.0 Å². The number of hydrogen-bond donors (Lipinski definition) is 0. The van der Waals surface area contributed by atoms with Crippen LogP contribution >= 0.6 is 0 Å². The maximum absolute atomic E-state index is 13.7. The van der Waals surface area contributed by atoms with E-state index in [1.165, 1.54) is 17.0 Å². The minimum Gasteiger partial charge on any atom is -0.369 e. The molecule has 1 saturated heterocycles. The van der Waals surface area contributed by atoms with E-state index in [1.807, 2.05) is 18.2 Å². The van der Waals surface area contributed by atoms with Gasteiger partial charge in [-0.15, -0.1) is 0 Å². The minimum atomic E-state index is -4.52. The number of rotatable bonds is 3. The van der Waals surface area contributed by atoms with Gasteiger partial charge in [-0.05, 0) is 50.2 Å². The number of piperazine rings is 1. The average Bonchev–Trinajstić information content (AvgIpc) is 3.59. The summed E-state index contributed by atoms with van der Waals surface area (Å²) >= 11 is 0. The van der Waals surface area contributed by atoms with Crippen LogP contribution in [0.3, 0.4) is 0 Å². The fourth-order valence-electron chi connectivity index (χ4n) is 4.48. The summed E-state index contributed by atoms with van der Waals surface area (Å²) in [6, 6.07) is 11.5. The molecule has 2 heterocycles. The van der Waals surface area contributed by atoms with Gasteiger partial charge in [0.2, 0.25) is 0 Å². The average molecular weight is 430 g/mol. The molecular formula is C23H25F3N4O. The van der Waals surface area contributed by atoms with Gasteiger partial charge in [0, 0.05) is 37.9 Å². The van der Waals surface area contributed by atoms with E-state index in [2.05, 4.69) is 21.7 Å². The number of benzene rings is 2. The SMILES string of the molecule is CN1CCN(c2ccc3c(c2)C(=O)N(c2ccccc2C(F)(F)F)CN3C2CC2)CC1. The fourth-order valence-corrected chi connectivity index (χ4v) is 4.48. The zero-order chi connectivity index (χ0) is 21.8. The molecule has 1 aliphatic carbocycles. The predicted molar refractivity (Wildman–Crippen MR) is 115 cm³/mol. The maximum atomic E-state index is 13.7. The Balaban J connectivity index is 1.55. The molecule has 5 rings (SSSR count). The highest BCUT2D eigenvalue weighted by Crippen LogP contribution is 2.42. The summed E-state index contributed by atoms with van der Waals surface area (Å²) in [6.07, 6.45) is -2.55. The van der Waals surface area contributed by atoms with Crippen LogP contribution in [0.5, 0.6) is 0 Å². The summed E-state index contributed by atoms with van der Waals surface area (Å²) in [5.74, 6) is -0.375. The first-order chi connectivity index (χ1) is 14.8. The largest absolute Gasteiger partial charge is 0.418 e. The number of halogens is 3. The van der Waals surface area contributed by atoms with Gasteiger partial charge in [-0.2, -0.15) is 13.2 Å². The number of nitrogens with zero attached hydrogens (tertiary/aromatic N) is 4. The van der Waals surface area contributed by atoms with Crippen molar-refractivity contribution in [3.05, 3.63) is 53.6 Å². The molecule has 0 spiro atoms. The lowest BCUT2D eigenvalue weighted by Gasteiger charge is -2.40. The van der Waals surface area contributed by atoms with E-state index < -0.39 is 11.7 Å². The van der Waals surface area contributed by atoms with Crippen LogP contribution in [0.2, 0.25) is 0 Å². The number of carbonyl (C=O) groups excluding carboxylic acids is 1. The van der Waals surface area contributed by atoms with E-state index in [-0.39, 0.29) is 24.3 Å². The molecule has 2 fully saturated rings. The van der Waals surface area contributed by atoms with Gasteiger partial charge in [-0.25, -0.2) is 0 Å². The Labute approximate surface area is 179 Å². The summed E-state index contributed by atoms with van der Waals surface area (Å²) in [5, 5.41) is 0. The van der Waals surface area contributed by atoms with Gasteiger partial charge in [0.1, 0.15) is 0 Å². The van der Waals surface area contributed by atoms with Crippen molar-refractivity contribution < 1.29 is 18.0 Å². The van der Waals surface area contributed by atoms with Crippen molar-refractivity contribution in [2.45, 2.75) is 25.1 Å². The molecule has 1 amide bonds. The third kappa shape index (κ3) is 3.73. The van der Waals surface area contributed by atoms with Gasteiger partial charge >= 0.3 is 6.18 Å². The predicted octanol–water partition coefficient (Wildman–Crippen LogP) is 4.04. The van der Waals surface area contributed by atoms with Crippen molar-refractivity contribution in [2.75, 3.05) is 54.6 Å². The second-order valence-electron chi connectivity index (χ2n) is 8.58. The molecule has 2 aliphatic heterocycles. The number of likely N-dealkylation sites (N-methyl/N-ethyl adjacent to an activating group) is 1. The molecular weight excluding hydrogens is 405 g/mol. The summed E-state index contributed by atoms with van der Waals surface area (Å²) in [4.78, 5) is 21.3. The van der Waals surface area contributed by atoms with Gasteiger partial charge in [0.05, 0.1) is 29.2 Å². The molecule has 0 radical (unpaired) electrons. The van der Waals surface area contributed by atoms with Crippen molar-refractivity contribution in [3.8, 4) is 0 Å². The smallest absolute Gasteiger partial charge is 0.369 e. The number of amides is 1. The zero-order valence-electron chi connectivity index (χ0n) is 17.4. The number of fused-ring (bicyclic) bond motifs is 1. The van der Waals surface area contributed by atoms with Crippen molar-refractivity contribution in [1.82, 2.24) is 4.90 Å². The molecule has 0 N–H and O–H groups in total. The van der Waals surface area contributed by atoms with Crippen LogP contribution in [0.4, 0.5) is 30.2 Å². The Bertz CT molecular complexity index is 997. The molecule has 2 aromatic rings. The van der Waals surface area contributed by atoms with Crippen molar-refractivity contribution >= 4 is 23.0 Å². The Morgan fingerprint density at radius 2 is 1.65 bits per heavy atom. The molecule has 3 aliphatic rings. The van der Waals surface area contributed by atoms with Crippen LogP contribution in [0.15, 0.2) is 42.5 Å². The first kappa shape index (κ1) is 20.2. The van der Waals surface area contributed by atoms with Crippen LogP contribution in [0.25, 0.3) is 0 Å². The molecule has 1 saturated carbocycles. The Morgan fingerprint density at radius 3 is 2.32 bits per heavy atom. The lowest BCUT2D eigenvalue weighted by Crippen LogP contribution is -2.49. The number of alkyl halides is 3. The molecule has 31 heavy (non-hydrogen) atoms. The monoisotopic (exact) mass is 430 g/mol. The molecule has 0 atom stereocenters. The lowest BCUT2D eigenvalue weighted by atomic mass is 10.0. The molecule has 164 valence electrons. The summed E-state index contributed by atoms with van der Waals surface area (Å²) < 4.78 is 41.0. The van der Waals surface area contributed by atoms with Gasteiger partial charge in [0.15, 0.2) is 0 Å². The van der Waals surface area contributed by atoms with E-state index in [1.54, 1.807) is 6.07 Å². The Kier molecular flexibility index (Phi) is 4.84.